The number of carbonyl (C=O) groups excluding carboxylic acids is 2. The summed E-state index contributed by atoms with van der Waals surface area (Å²) in [5.74, 6) is -0.0559. The van der Waals surface area contributed by atoms with Crippen LogP contribution in [0.1, 0.15) is 46.5 Å². The quantitative estimate of drug-likeness (QED) is 0.591. The summed E-state index contributed by atoms with van der Waals surface area (Å²) >= 11 is 1.80. The molecular weight excluding hydrogens is 448 g/mol. The second kappa shape index (κ2) is 11.0. The number of nitrogens with zero attached hydrogens (tertiary/aromatic N) is 3. The summed E-state index contributed by atoms with van der Waals surface area (Å²) < 4.78 is 6.82. The standard InChI is InChI=1S/C26H38N4O3S/c1-26(2,3)33-25(32)30-14-7-9-22(30)24(31)27-12-4-5-13-28-15-17-29(18-16-28)21-8-6-10-23-20(21)11-19-34-23/h6,8,10-11,19,22H,4-5,7,9,12-18H2,1-3H3,(H,27,31). The Morgan fingerprint density at radius 2 is 1.88 bits per heavy atom. The molecule has 1 unspecified atom stereocenters. The van der Waals surface area contributed by atoms with Crippen molar-refractivity contribution in [2.75, 3.05) is 50.7 Å². The first-order valence-corrected chi connectivity index (χ1v) is 13.4. The number of nitrogens with one attached hydrogen (secondary N) is 1. The molecule has 2 fully saturated rings. The molecule has 4 rings (SSSR count). The first kappa shape index (κ1) is 24.8. The fraction of sp³-hybridized carbons (Fsp3) is 0.615. The Morgan fingerprint density at radius 1 is 1.09 bits per heavy atom. The Kier molecular flexibility index (Phi) is 7.99. The van der Waals surface area contributed by atoms with Crippen LogP contribution in [-0.2, 0) is 9.53 Å². The lowest BCUT2D eigenvalue weighted by Gasteiger charge is -2.36. The minimum atomic E-state index is -0.552. The number of rotatable bonds is 7. The molecule has 1 aromatic heterocycles. The second-order valence-electron chi connectivity index (χ2n) is 10.3. The third-order valence-electron chi connectivity index (χ3n) is 6.57. The molecule has 3 heterocycles. The number of likely N-dealkylation sites (tertiary alicyclic amines) is 1. The molecule has 2 aromatic rings. The summed E-state index contributed by atoms with van der Waals surface area (Å²) in [4.78, 5) is 31.7. The number of anilines is 1. The molecule has 0 bridgehead atoms. The van der Waals surface area contributed by atoms with Crippen LogP contribution < -0.4 is 10.2 Å². The maximum Gasteiger partial charge on any atom is 0.410 e. The van der Waals surface area contributed by atoms with E-state index in [-0.39, 0.29) is 12.0 Å². The van der Waals surface area contributed by atoms with Crippen molar-refractivity contribution >= 4 is 39.1 Å². The van der Waals surface area contributed by atoms with Gasteiger partial charge in [-0.2, -0.15) is 0 Å². The molecule has 0 aliphatic carbocycles. The summed E-state index contributed by atoms with van der Waals surface area (Å²) in [7, 11) is 0. The number of fused-ring (bicyclic) bond motifs is 1. The van der Waals surface area contributed by atoms with Gasteiger partial charge in [0.1, 0.15) is 11.6 Å². The number of hydrogen-bond acceptors (Lipinski definition) is 6. The third-order valence-corrected chi connectivity index (χ3v) is 7.45. The predicted molar refractivity (Wildman–Crippen MR) is 139 cm³/mol. The molecule has 0 spiro atoms. The molecule has 2 aliphatic rings. The lowest BCUT2D eigenvalue weighted by atomic mass is 10.1. The predicted octanol–water partition coefficient (Wildman–Crippen LogP) is 4.32. The van der Waals surface area contributed by atoms with Crippen LogP contribution in [0.15, 0.2) is 29.6 Å². The van der Waals surface area contributed by atoms with Crippen LogP contribution in [0, 0.1) is 0 Å². The highest BCUT2D eigenvalue weighted by Crippen LogP contribution is 2.31. The van der Waals surface area contributed by atoms with E-state index in [4.69, 9.17) is 4.74 Å². The number of hydrogen-bond donors (Lipinski definition) is 1. The van der Waals surface area contributed by atoms with E-state index < -0.39 is 11.6 Å². The first-order valence-electron chi connectivity index (χ1n) is 12.5. The molecule has 1 atom stereocenters. The highest BCUT2D eigenvalue weighted by atomic mass is 32.1. The van der Waals surface area contributed by atoms with E-state index in [0.717, 1.165) is 52.0 Å². The number of carbonyl (C=O) groups is 2. The molecule has 34 heavy (non-hydrogen) atoms. The number of thiophene rings is 1. The van der Waals surface area contributed by atoms with Gasteiger partial charge in [0.2, 0.25) is 5.91 Å². The normalized spacial score (nSPS) is 19.6. The van der Waals surface area contributed by atoms with E-state index in [1.165, 1.54) is 15.8 Å². The van der Waals surface area contributed by atoms with Crippen LogP contribution in [0.3, 0.4) is 0 Å². The molecule has 2 amide bonds. The van der Waals surface area contributed by atoms with Gasteiger partial charge >= 0.3 is 6.09 Å². The van der Waals surface area contributed by atoms with Crippen molar-refractivity contribution in [2.24, 2.45) is 0 Å². The van der Waals surface area contributed by atoms with Crippen LogP contribution in [0.2, 0.25) is 0 Å². The van der Waals surface area contributed by atoms with Crippen molar-refractivity contribution in [1.29, 1.82) is 0 Å². The average molecular weight is 487 g/mol. The van der Waals surface area contributed by atoms with E-state index in [1.807, 2.05) is 20.8 Å². The summed E-state index contributed by atoms with van der Waals surface area (Å²) in [5, 5.41) is 6.58. The van der Waals surface area contributed by atoms with Crippen LogP contribution in [-0.4, -0.2) is 79.3 Å². The van der Waals surface area contributed by atoms with Gasteiger partial charge in [0, 0.05) is 55.0 Å². The van der Waals surface area contributed by atoms with Gasteiger partial charge in [-0.3, -0.25) is 14.6 Å². The van der Waals surface area contributed by atoms with E-state index >= 15 is 0 Å². The molecule has 8 heteroatoms. The molecule has 186 valence electrons. The van der Waals surface area contributed by atoms with Crippen molar-refractivity contribution in [3.63, 3.8) is 0 Å². The number of amides is 2. The molecule has 0 radical (unpaired) electrons. The van der Waals surface area contributed by atoms with E-state index in [9.17, 15) is 9.59 Å². The van der Waals surface area contributed by atoms with Crippen molar-refractivity contribution in [3.05, 3.63) is 29.6 Å². The number of ether oxygens (including phenoxy) is 1. The van der Waals surface area contributed by atoms with Gasteiger partial charge < -0.3 is 15.0 Å². The minimum Gasteiger partial charge on any atom is -0.444 e. The highest BCUT2D eigenvalue weighted by molar-refractivity contribution is 7.17. The maximum absolute atomic E-state index is 12.7. The van der Waals surface area contributed by atoms with Crippen LogP contribution in [0.5, 0.6) is 0 Å². The van der Waals surface area contributed by atoms with E-state index in [2.05, 4.69) is 44.8 Å². The first-order chi connectivity index (χ1) is 16.3. The van der Waals surface area contributed by atoms with Crippen molar-refractivity contribution in [1.82, 2.24) is 15.1 Å². The Balaban J connectivity index is 1.14. The Labute approximate surface area is 207 Å². The zero-order chi connectivity index (χ0) is 24.1. The Hall–Kier alpha value is -2.32. The lowest BCUT2D eigenvalue weighted by molar-refractivity contribution is -0.125. The van der Waals surface area contributed by atoms with E-state index in [1.54, 1.807) is 16.2 Å². The molecule has 1 aromatic carbocycles. The van der Waals surface area contributed by atoms with Crippen LogP contribution in [0.25, 0.3) is 10.1 Å². The Bertz CT molecular complexity index is 978. The van der Waals surface area contributed by atoms with Gasteiger partial charge in [-0.15, -0.1) is 11.3 Å². The fourth-order valence-corrected chi connectivity index (χ4v) is 5.64. The maximum atomic E-state index is 12.7. The average Bonchev–Trinajstić information content (AvgIpc) is 3.47. The van der Waals surface area contributed by atoms with Gasteiger partial charge in [-0.1, -0.05) is 6.07 Å². The fourth-order valence-electron chi connectivity index (χ4n) is 4.83. The number of piperazine rings is 1. The van der Waals surface area contributed by atoms with Gasteiger partial charge in [-0.25, -0.2) is 4.79 Å². The largest absolute Gasteiger partial charge is 0.444 e. The van der Waals surface area contributed by atoms with Crippen molar-refractivity contribution in [2.45, 2.75) is 58.1 Å². The summed E-state index contributed by atoms with van der Waals surface area (Å²) in [6.07, 6.45) is 3.15. The second-order valence-corrected chi connectivity index (χ2v) is 11.2. The highest BCUT2D eigenvalue weighted by Gasteiger charge is 2.36. The molecular formula is C26H38N4O3S. The Morgan fingerprint density at radius 3 is 2.65 bits per heavy atom. The molecule has 0 saturated carbocycles. The summed E-state index contributed by atoms with van der Waals surface area (Å²) in [6.45, 7) is 12.1. The summed E-state index contributed by atoms with van der Waals surface area (Å²) in [6, 6.07) is 8.42. The van der Waals surface area contributed by atoms with Crippen LogP contribution in [0.4, 0.5) is 10.5 Å². The molecule has 1 N–H and O–H groups in total. The SMILES string of the molecule is CC(C)(C)OC(=O)N1CCCC1C(=O)NCCCCN1CCN(c2cccc3sccc23)CC1. The van der Waals surface area contributed by atoms with Crippen LogP contribution >= 0.6 is 11.3 Å². The van der Waals surface area contributed by atoms with Gasteiger partial charge in [-0.05, 0) is 76.6 Å². The van der Waals surface area contributed by atoms with Gasteiger partial charge in [0.05, 0.1) is 0 Å². The zero-order valence-electron chi connectivity index (χ0n) is 20.7. The monoisotopic (exact) mass is 486 g/mol. The van der Waals surface area contributed by atoms with Crippen molar-refractivity contribution in [3.8, 4) is 0 Å². The topological polar surface area (TPSA) is 65.1 Å². The van der Waals surface area contributed by atoms with Gasteiger partial charge in [0.25, 0.3) is 0 Å². The zero-order valence-corrected chi connectivity index (χ0v) is 21.5. The van der Waals surface area contributed by atoms with E-state index in [0.29, 0.717) is 19.5 Å². The number of benzene rings is 1. The minimum absolute atomic E-state index is 0.0559. The smallest absolute Gasteiger partial charge is 0.410 e. The van der Waals surface area contributed by atoms with Crippen molar-refractivity contribution < 1.29 is 14.3 Å². The third kappa shape index (κ3) is 6.21. The van der Waals surface area contributed by atoms with Gasteiger partial charge in [0.15, 0.2) is 0 Å². The lowest BCUT2D eigenvalue weighted by Crippen LogP contribution is -2.48. The molecule has 2 aliphatic heterocycles. The molecule has 7 nitrogen and oxygen atoms in total. The molecule has 2 saturated heterocycles. The number of unbranched alkanes of at least 4 members (excludes halogenated alkanes) is 1. The summed E-state index contributed by atoms with van der Waals surface area (Å²) in [5.41, 5.74) is 0.803.